The number of aromatic amines is 1. The van der Waals surface area contributed by atoms with Gasteiger partial charge in [0, 0.05) is 22.7 Å². The standard InChI is InChI=1S/C22H14ClFN4O4/c23-14-3-7-18(8-4-14)32-19-10-16(9-17(11-19)28(30)31)25-22(29)21-12-20(26-27-21)13-1-5-15(24)6-2-13/h1-12H,(H,25,29)(H,26,27). The van der Waals surface area contributed by atoms with Crippen LogP contribution < -0.4 is 10.1 Å². The molecule has 160 valence electrons. The molecule has 1 heterocycles. The van der Waals surface area contributed by atoms with Crippen molar-refractivity contribution < 1.29 is 18.8 Å². The number of hydrogen-bond donors (Lipinski definition) is 2. The monoisotopic (exact) mass is 452 g/mol. The molecule has 0 saturated carbocycles. The van der Waals surface area contributed by atoms with Crippen molar-refractivity contribution in [2.75, 3.05) is 5.32 Å². The van der Waals surface area contributed by atoms with E-state index in [1.54, 1.807) is 24.3 Å². The van der Waals surface area contributed by atoms with Gasteiger partial charge in [-0.1, -0.05) is 11.6 Å². The minimum atomic E-state index is -0.590. The molecule has 32 heavy (non-hydrogen) atoms. The number of carbonyl (C=O) groups excluding carboxylic acids is 1. The van der Waals surface area contributed by atoms with Crippen LogP contribution in [-0.2, 0) is 0 Å². The van der Waals surface area contributed by atoms with E-state index in [9.17, 15) is 19.3 Å². The molecule has 1 aromatic heterocycles. The Balaban J connectivity index is 1.55. The van der Waals surface area contributed by atoms with Gasteiger partial charge in [-0.15, -0.1) is 0 Å². The van der Waals surface area contributed by atoms with E-state index in [1.165, 1.54) is 48.5 Å². The summed E-state index contributed by atoms with van der Waals surface area (Å²) >= 11 is 5.85. The summed E-state index contributed by atoms with van der Waals surface area (Å²) in [6, 6.07) is 17.5. The summed E-state index contributed by atoms with van der Waals surface area (Å²) in [7, 11) is 0. The second-order valence-electron chi connectivity index (χ2n) is 6.66. The molecule has 0 spiro atoms. The van der Waals surface area contributed by atoms with Gasteiger partial charge in [0.1, 0.15) is 23.0 Å². The number of ether oxygens (including phenoxy) is 1. The third kappa shape index (κ3) is 4.90. The Kier molecular flexibility index (Phi) is 5.82. The summed E-state index contributed by atoms with van der Waals surface area (Å²) < 4.78 is 18.8. The number of nitro groups is 1. The van der Waals surface area contributed by atoms with Gasteiger partial charge < -0.3 is 10.1 Å². The summed E-state index contributed by atoms with van der Waals surface area (Å²) in [5.74, 6) is -0.369. The molecule has 0 aliphatic heterocycles. The Morgan fingerprint density at radius 2 is 1.75 bits per heavy atom. The van der Waals surface area contributed by atoms with Crippen molar-refractivity contribution in [1.82, 2.24) is 10.2 Å². The van der Waals surface area contributed by atoms with Crippen LogP contribution in [0.1, 0.15) is 10.5 Å². The topological polar surface area (TPSA) is 110 Å². The van der Waals surface area contributed by atoms with E-state index in [2.05, 4.69) is 15.5 Å². The molecule has 2 N–H and O–H groups in total. The summed E-state index contributed by atoms with van der Waals surface area (Å²) in [6.45, 7) is 0. The van der Waals surface area contributed by atoms with Crippen molar-refractivity contribution in [3.63, 3.8) is 0 Å². The smallest absolute Gasteiger partial charge is 0.275 e. The number of benzene rings is 3. The van der Waals surface area contributed by atoms with E-state index in [1.807, 2.05) is 0 Å². The second kappa shape index (κ2) is 8.86. The minimum absolute atomic E-state index is 0.121. The largest absolute Gasteiger partial charge is 0.457 e. The maximum Gasteiger partial charge on any atom is 0.275 e. The van der Waals surface area contributed by atoms with Gasteiger partial charge >= 0.3 is 0 Å². The van der Waals surface area contributed by atoms with Crippen molar-refractivity contribution in [2.24, 2.45) is 0 Å². The van der Waals surface area contributed by atoms with Crippen LogP contribution in [0.15, 0.2) is 72.8 Å². The van der Waals surface area contributed by atoms with Gasteiger partial charge in [0.15, 0.2) is 0 Å². The lowest BCUT2D eigenvalue weighted by molar-refractivity contribution is -0.384. The van der Waals surface area contributed by atoms with Gasteiger partial charge in [-0.05, 0) is 54.6 Å². The summed E-state index contributed by atoms with van der Waals surface area (Å²) in [5.41, 5.74) is 1.09. The van der Waals surface area contributed by atoms with Gasteiger partial charge in [-0.2, -0.15) is 5.10 Å². The summed E-state index contributed by atoms with van der Waals surface area (Å²) in [5, 5.41) is 21.1. The average molecular weight is 453 g/mol. The zero-order valence-corrected chi connectivity index (χ0v) is 17.0. The normalized spacial score (nSPS) is 10.6. The van der Waals surface area contributed by atoms with Gasteiger partial charge in [-0.3, -0.25) is 20.0 Å². The number of nitrogens with zero attached hydrogens (tertiary/aromatic N) is 2. The van der Waals surface area contributed by atoms with Crippen molar-refractivity contribution in [3.05, 3.63) is 99.4 Å². The third-order valence-corrected chi connectivity index (χ3v) is 4.62. The Hall–Kier alpha value is -4.24. The van der Waals surface area contributed by atoms with Gasteiger partial charge in [0.2, 0.25) is 0 Å². The van der Waals surface area contributed by atoms with E-state index in [4.69, 9.17) is 16.3 Å². The molecule has 0 bridgehead atoms. The highest BCUT2D eigenvalue weighted by Crippen LogP contribution is 2.30. The fourth-order valence-corrected chi connectivity index (χ4v) is 2.99. The van der Waals surface area contributed by atoms with Gasteiger partial charge in [-0.25, -0.2) is 4.39 Å². The first-order chi connectivity index (χ1) is 15.4. The molecular formula is C22H14ClFN4O4. The first-order valence-corrected chi connectivity index (χ1v) is 9.61. The molecule has 3 aromatic carbocycles. The number of H-pyrrole nitrogens is 1. The zero-order chi connectivity index (χ0) is 22.7. The van der Waals surface area contributed by atoms with Crippen LogP contribution in [-0.4, -0.2) is 21.0 Å². The van der Waals surface area contributed by atoms with E-state index in [0.29, 0.717) is 22.0 Å². The van der Waals surface area contributed by atoms with Crippen LogP contribution in [0.4, 0.5) is 15.8 Å². The molecule has 0 fully saturated rings. The quantitative estimate of drug-likeness (QED) is 0.283. The van der Waals surface area contributed by atoms with Crippen LogP contribution >= 0.6 is 11.6 Å². The second-order valence-corrected chi connectivity index (χ2v) is 7.09. The summed E-state index contributed by atoms with van der Waals surface area (Å²) in [6.07, 6.45) is 0. The van der Waals surface area contributed by atoms with Crippen molar-refractivity contribution in [1.29, 1.82) is 0 Å². The number of nitrogens with one attached hydrogen (secondary N) is 2. The van der Waals surface area contributed by atoms with Crippen LogP contribution in [0, 0.1) is 15.9 Å². The number of aromatic nitrogens is 2. The highest BCUT2D eigenvalue weighted by molar-refractivity contribution is 6.30. The molecule has 4 rings (SSSR count). The molecule has 1 amide bonds. The van der Waals surface area contributed by atoms with Crippen LogP contribution in [0.5, 0.6) is 11.5 Å². The molecule has 0 saturated heterocycles. The zero-order valence-electron chi connectivity index (χ0n) is 16.2. The molecule has 10 heteroatoms. The molecule has 0 aliphatic rings. The van der Waals surface area contributed by atoms with Crippen molar-refractivity contribution >= 4 is 28.9 Å². The first kappa shape index (κ1) is 21.0. The predicted octanol–water partition coefficient (Wildman–Crippen LogP) is 5.82. The molecule has 4 aromatic rings. The highest BCUT2D eigenvalue weighted by Gasteiger charge is 2.16. The Morgan fingerprint density at radius 1 is 1.03 bits per heavy atom. The average Bonchev–Trinajstić information content (AvgIpc) is 3.26. The number of rotatable bonds is 6. The number of non-ortho nitro benzene ring substituents is 1. The van der Waals surface area contributed by atoms with E-state index in [0.717, 1.165) is 0 Å². The number of anilines is 1. The molecular weight excluding hydrogens is 439 g/mol. The number of amides is 1. The molecule has 0 radical (unpaired) electrons. The van der Waals surface area contributed by atoms with Crippen LogP contribution in [0.2, 0.25) is 5.02 Å². The number of nitro benzene ring substituents is 1. The minimum Gasteiger partial charge on any atom is -0.457 e. The molecule has 0 atom stereocenters. The Morgan fingerprint density at radius 3 is 2.44 bits per heavy atom. The van der Waals surface area contributed by atoms with Crippen LogP contribution in [0.25, 0.3) is 11.3 Å². The van der Waals surface area contributed by atoms with Crippen LogP contribution in [0.3, 0.4) is 0 Å². The van der Waals surface area contributed by atoms with E-state index >= 15 is 0 Å². The lowest BCUT2D eigenvalue weighted by Crippen LogP contribution is -2.12. The van der Waals surface area contributed by atoms with E-state index < -0.39 is 10.8 Å². The highest BCUT2D eigenvalue weighted by atomic mass is 35.5. The maximum absolute atomic E-state index is 13.1. The van der Waals surface area contributed by atoms with Gasteiger partial charge in [0.05, 0.1) is 22.4 Å². The lowest BCUT2D eigenvalue weighted by atomic mass is 10.1. The molecule has 0 aliphatic carbocycles. The molecule has 8 nitrogen and oxygen atoms in total. The number of carbonyl (C=O) groups is 1. The fourth-order valence-electron chi connectivity index (χ4n) is 2.86. The fraction of sp³-hybridized carbons (Fsp3) is 0. The SMILES string of the molecule is O=C(Nc1cc(Oc2ccc(Cl)cc2)cc([N+](=O)[O-])c1)c1cc(-c2ccc(F)cc2)n[nH]1. The van der Waals surface area contributed by atoms with Gasteiger partial charge in [0.25, 0.3) is 11.6 Å². The third-order valence-electron chi connectivity index (χ3n) is 4.37. The van der Waals surface area contributed by atoms with Crippen molar-refractivity contribution in [3.8, 4) is 22.8 Å². The van der Waals surface area contributed by atoms with E-state index in [-0.39, 0.29) is 28.6 Å². The molecule has 0 unspecified atom stereocenters. The first-order valence-electron chi connectivity index (χ1n) is 9.23. The predicted molar refractivity (Wildman–Crippen MR) is 117 cm³/mol. The lowest BCUT2D eigenvalue weighted by Gasteiger charge is -2.09. The number of hydrogen-bond acceptors (Lipinski definition) is 5. The maximum atomic E-state index is 13.1. The summed E-state index contributed by atoms with van der Waals surface area (Å²) in [4.78, 5) is 23.4. The Bertz CT molecular complexity index is 1290. The van der Waals surface area contributed by atoms with Crippen molar-refractivity contribution in [2.45, 2.75) is 0 Å². The number of halogens is 2. The Labute approximate surface area is 185 Å².